The van der Waals surface area contributed by atoms with E-state index in [1.54, 1.807) is 12.1 Å². The van der Waals surface area contributed by atoms with Crippen molar-refractivity contribution in [2.45, 2.75) is 50.7 Å². The number of benzene rings is 1. The number of likely N-dealkylation sites (N-methyl/N-ethyl adjacent to an activating group) is 1. The molecule has 0 bridgehead atoms. The third-order valence-electron chi connectivity index (χ3n) is 7.13. The number of hydrogen-bond acceptors (Lipinski definition) is 6. The van der Waals surface area contributed by atoms with Crippen molar-refractivity contribution in [3.05, 3.63) is 65.8 Å². The lowest BCUT2D eigenvalue weighted by molar-refractivity contribution is -0.193. The van der Waals surface area contributed by atoms with Gasteiger partial charge in [0, 0.05) is 31.7 Å². The summed E-state index contributed by atoms with van der Waals surface area (Å²) in [7, 11) is 2.21. The van der Waals surface area contributed by atoms with Crippen LogP contribution in [-0.2, 0) is 28.2 Å². The largest absolute Gasteiger partial charge is 0.490 e. The molecule has 0 saturated carbocycles. The molecule has 0 unspecified atom stereocenters. The third kappa shape index (κ3) is 8.34. The molecule has 43 heavy (non-hydrogen) atoms. The van der Waals surface area contributed by atoms with Gasteiger partial charge in [0.1, 0.15) is 23.2 Å². The zero-order valence-corrected chi connectivity index (χ0v) is 23.0. The summed E-state index contributed by atoms with van der Waals surface area (Å²) in [6.45, 7) is 6.72. The third-order valence-corrected chi connectivity index (χ3v) is 7.13. The van der Waals surface area contributed by atoms with Crippen LogP contribution in [0, 0.1) is 12.7 Å². The normalized spacial score (nSPS) is 16.9. The molecule has 0 radical (unpaired) electrons. The minimum Gasteiger partial charge on any atom is -0.475 e. The highest BCUT2D eigenvalue weighted by Crippen LogP contribution is 2.41. The molecule has 5 rings (SSSR count). The number of alkyl halides is 6. The number of halogens is 7. The Morgan fingerprint density at radius 2 is 1.53 bits per heavy atom. The molecule has 0 amide bonds. The van der Waals surface area contributed by atoms with Gasteiger partial charge in [-0.3, -0.25) is 9.80 Å². The maximum Gasteiger partial charge on any atom is 0.490 e. The Hall–Kier alpha value is -3.92. The molecular weight excluding hydrogens is 593 g/mol. The minimum absolute atomic E-state index is 0.0561. The SMILES string of the molecule is Cc1ccc(CN2CCC3(CC2)c2ncc(-c4cccc(F)c4)n2CCN3C)o1.O=C(O)C(F)(F)F.O=C(O)C(F)(F)F. The lowest BCUT2D eigenvalue weighted by Crippen LogP contribution is -2.56. The number of furan rings is 1. The molecular formula is C27H29F7N4O5. The monoisotopic (exact) mass is 622 g/mol. The van der Waals surface area contributed by atoms with E-state index in [1.807, 2.05) is 25.3 Å². The van der Waals surface area contributed by atoms with E-state index in [-0.39, 0.29) is 11.4 Å². The zero-order chi connectivity index (χ0) is 32.2. The van der Waals surface area contributed by atoms with E-state index in [4.69, 9.17) is 29.2 Å². The molecule has 0 aliphatic carbocycles. The summed E-state index contributed by atoms with van der Waals surface area (Å²) in [4.78, 5) is 27.6. The Morgan fingerprint density at radius 1 is 0.953 bits per heavy atom. The summed E-state index contributed by atoms with van der Waals surface area (Å²) in [5.74, 6) is -2.60. The number of rotatable bonds is 3. The average molecular weight is 623 g/mol. The van der Waals surface area contributed by atoms with Crippen LogP contribution >= 0.6 is 0 Å². The topological polar surface area (TPSA) is 112 Å². The van der Waals surface area contributed by atoms with Crippen molar-refractivity contribution < 1.29 is 55.0 Å². The van der Waals surface area contributed by atoms with Crippen molar-refractivity contribution in [2.24, 2.45) is 0 Å². The summed E-state index contributed by atoms with van der Waals surface area (Å²) in [5.41, 5.74) is 1.86. The Morgan fingerprint density at radius 3 is 2.02 bits per heavy atom. The number of aryl methyl sites for hydroxylation is 1. The number of imidazole rings is 1. The second-order valence-corrected chi connectivity index (χ2v) is 9.98. The first-order chi connectivity index (χ1) is 19.9. The van der Waals surface area contributed by atoms with E-state index >= 15 is 0 Å². The fourth-order valence-electron chi connectivity index (χ4n) is 4.96. The van der Waals surface area contributed by atoms with Crippen LogP contribution in [0.5, 0.6) is 0 Å². The van der Waals surface area contributed by atoms with Gasteiger partial charge in [-0.15, -0.1) is 0 Å². The number of hydrogen-bond donors (Lipinski definition) is 2. The van der Waals surface area contributed by atoms with E-state index in [0.29, 0.717) is 0 Å². The Kier molecular flexibility index (Phi) is 10.3. The van der Waals surface area contributed by atoms with Gasteiger partial charge in [0.25, 0.3) is 0 Å². The summed E-state index contributed by atoms with van der Waals surface area (Å²) < 4.78 is 85.3. The van der Waals surface area contributed by atoms with Crippen LogP contribution in [0.2, 0.25) is 0 Å². The van der Waals surface area contributed by atoms with Crippen molar-refractivity contribution in [3.8, 4) is 11.3 Å². The quantitative estimate of drug-likeness (QED) is 0.379. The van der Waals surface area contributed by atoms with E-state index in [2.05, 4.69) is 27.5 Å². The van der Waals surface area contributed by atoms with Gasteiger partial charge in [-0.05, 0) is 51.1 Å². The van der Waals surface area contributed by atoms with Crippen LogP contribution in [-0.4, -0.2) is 80.5 Å². The van der Waals surface area contributed by atoms with E-state index in [9.17, 15) is 30.7 Å². The Bertz CT molecular complexity index is 1390. The number of nitrogens with zero attached hydrogens (tertiary/aromatic N) is 4. The molecule has 2 aromatic heterocycles. The number of carboxylic acid groups (broad SMARTS) is 2. The molecule has 1 spiro atoms. The van der Waals surface area contributed by atoms with Gasteiger partial charge < -0.3 is 19.2 Å². The molecule has 0 atom stereocenters. The molecule has 3 aromatic rings. The Labute approximate surface area is 241 Å². The summed E-state index contributed by atoms with van der Waals surface area (Å²) in [6, 6.07) is 10.9. The minimum atomic E-state index is -5.08. The fraction of sp³-hybridized carbons (Fsp3) is 0.444. The van der Waals surface area contributed by atoms with Crippen molar-refractivity contribution in [3.63, 3.8) is 0 Å². The molecule has 1 aromatic carbocycles. The van der Waals surface area contributed by atoms with Crippen LogP contribution in [0.4, 0.5) is 30.7 Å². The van der Waals surface area contributed by atoms with Gasteiger partial charge >= 0.3 is 24.3 Å². The van der Waals surface area contributed by atoms with Crippen molar-refractivity contribution >= 4 is 11.9 Å². The molecule has 2 N–H and O–H groups in total. The second-order valence-electron chi connectivity index (χ2n) is 9.98. The fourth-order valence-corrected chi connectivity index (χ4v) is 4.96. The van der Waals surface area contributed by atoms with E-state index < -0.39 is 24.3 Å². The maximum atomic E-state index is 13.8. The summed E-state index contributed by atoms with van der Waals surface area (Å²) in [5, 5.41) is 14.2. The predicted octanol–water partition coefficient (Wildman–Crippen LogP) is 5.29. The second kappa shape index (κ2) is 13.2. The highest BCUT2D eigenvalue weighted by molar-refractivity contribution is 5.73. The van der Waals surface area contributed by atoms with Gasteiger partial charge in [-0.25, -0.2) is 19.0 Å². The number of carbonyl (C=O) groups is 2. The van der Waals surface area contributed by atoms with Crippen molar-refractivity contribution in [1.82, 2.24) is 19.4 Å². The van der Waals surface area contributed by atoms with Crippen LogP contribution in [0.25, 0.3) is 11.3 Å². The van der Waals surface area contributed by atoms with Crippen molar-refractivity contribution in [1.29, 1.82) is 0 Å². The highest BCUT2D eigenvalue weighted by Gasteiger charge is 2.45. The standard InChI is InChI=1S/C23H27FN4O.2C2HF3O2/c1-17-6-7-20(29-17)16-27-10-8-23(9-11-27)22-25-15-21(28(22)13-12-26(23)2)18-4-3-5-19(24)14-18;2*3-2(4,5)1(6)7/h3-7,14-15H,8-13,16H2,1-2H3;2*(H,6,7). The number of piperidine rings is 1. The van der Waals surface area contributed by atoms with Gasteiger partial charge in [-0.2, -0.15) is 26.3 Å². The van der Waals surface area contributed by atoms with Crippen LogP contribution in [0.1, 0.15) is 30.2 Å². The number of likely N-dealkylation sites (tertiary alicyclic amines) is 1. The first-order valence-electron chi connectivity index (χ1n) is 12.8. The number of carboxylic acids is 2. The molecule has 236 valence electrons. The lowest BCUT2D eigenvalue weighted by atomic mass is 9.83. The molecule has 2 aliphatic rings. The van der Waals surface area contributed by atoms with E-state index in [0.717, 1.165) is 74.2 Å². The lowest BCUT2D eigenvalue weighted by Gasteiger charge is -2.49. The van der Waals surface area contributed by atoms with Gasteiger partial charge in [-0.1, -0.05) is 12.1 Å². The molecule has 1 fully saturated rings. The number of aromatic nitrogens is 2. The molecule has 16 heteroatoms. The van der Waals surface area contributed by atoms with Gasteiger partial charge in [0.05, 0.1) is 24.0 Å². The maximum absolute atomic E-state index is 13.8. The molecule has 4 heterocycles. The van der Waals surface area contributed by atoms with Gasteiger partial charge in [0.2, 0.25) is 0 Å². The summed E-state index contributed by atoms with van der Waals surface area (Å²) >= 11 is 0. The zero-order valence-electron chi connectivity index (χ0n) is 23.0. The van der Waals surface area contributed by atoms with Gasteiger partial charge in [0.15, 0.2) is 0 Å². The molecule has 2 aliphatic heterocycles. The molecule has 9 nitrogen and oxygen atoms in total. The van der Waals surface area contributed by atoms with E-state index in [1.165, 1.54) is 6.07 Å². The molecule has 1 saturated heterocycles. The highest BCUT2D eigenvalue weighted by atomic mass is 19.4. The number of fused-ring (bicyclic) bond motifs is 2. The predicted molar refractivity (Wildman–Crippen MR) is 137 cm³/mol. The number of aliphatic carboxylic acids is 2. The van der Waals surface area contributed by atoms with Crippen molar-refractivity contribution in [2.75, 3.05) is 26.7 Å². The summed E-state index contributed by atoms with van der Waals surface area (Å²) in [6.07, 6.45) is -6.19. The first-order valence-corrected chi connectivity index (χ1v) is 12.8. The van der Waals surface area contributed by atoms with Crippen LogP contribution < -0.4 is 0 Å². The van der Waals surface area contributed by atoms with Crippen LogP contribution in [0.15, 0.2) is 47.0 Å². The smallest absolute Gasteiger partial charge is 0.475 e. The Balaban J connectivity index is 0.000000303. The average Bonchev–Trinajstić information content (AvgIpc) is 3.53. The van der Waals surface area contributed by atoms with Crippen LogP contribution in [0.3, 0.4) is 0 Å². The first kappa shape index (κ1) is 33.6.